The number of methoxy groups -OCH3 is 1. The Labute approximate surface area is 168 Å². The van der Waals surface area contributed by atoms with Gasteiger partial charge in [-0.25, -0.2) is 9.37 Å². The molecular formula is C22H22FN3O3. The molecule has 3 rings (SSSR count). The van der Waals surface area contributed by atoms with Crippen molar-refractivity contribution in [3.8, 4) is 11.5 Å². The van der Waals surface area contributed by atoms with E-state index in [9.17, 15) is 9.18 Å². The molecular weight excluding hydrogens is 373 g/mol. The summed E-state index contributed by atoms with van der Waals surface area (Å²) in [6.07, 6.45) is 1.59. The third kappa shape index (κ3) is 6.21. The van der Waals surface area contributed by atoms with E-state index in [2.05, 4.69) is 15.6 Å². The van der Waals surface area contributed by atoms with Gasteiger partial charge in [-0.2, -0.15) is 0 Å². The number of carbonyl (C=O) groups is 1. The largest absolute Gasteiger partial charge is 0.497 e. The van der Waals surface area contributed by atoms with Crippen LogP contribution in [0.3, 0.4) is 0 Å². The Morgan fingerprint density at radius 1 is 1.00 bits per heavy atom. The summed E-state index contributed by atoms with van der Waals surface area (Å²) in [6.45, 7) is 1.24. The Balaban J connectivity index is 1.40. The first kappa shape index (κ1) is 20.1. The van der Waals surface area contributed by atoms with Crippen LogP contribution in [0.2, 0.25) is 0 Å². The number of hydrogen-bond donors (Lipinski definition) is 2. The molecule has 0 aliphatic carbocycles. The summed E-state index contributed by atoms with van der Waals surface area (Å²) in [6, 6.07) is 16.9. The van der Waals surface area contributed by atoms with E-state index in [4.69, 9.17) is 9.47 Å². The molecule has 150 valence electrons. The normalized spacial score (nSPS) is 10.3. The lowest BCUT2D eigenvalue weighted by atomic mass is 10.2. The fourth-order valence-corrected chi connectivity index (χ4v) is 2.54. The summed E-state index contributed by atoms with van der Waals surface area (Å²) in [4.78, 5) is 16.3. The van der Waals surface area contributed by atoms with Crippen LogP contribution < -0.4 is 20.1 Å². The first-order valence-electron chi connectivity index (χ1n) is 9.13. The molecule has 1 aromatic heterocycles. The maximum absolute atomic E-state index is 12.9. The Kier molecular flexibility index (Phi) is 7.00. The van der Waals surface area contributed by atoms with Crippen LogP contribution in [0.5, 0.6) is 11.5 Å². The molecule has 0 saturated carbocycles. The maximum atomic E-state index is 12.9. The van der Waals surface area contributed by atoms with Crippen molar-refractivity contribution < 1.29 is 18.7 Å². The van der Waals surface area contributed by atoms with Crippen LogP contribution in [-0.2, 0) is 6.54 Å². The van der Waals surface area contributed by atoms with E-state index in [1.807, 2.05) is 12.1 Å². The number of anilines is 1. The number of ether oxygens (including phenoxy) is 2. The third-order valence-electron chi connectivity index (χ3n) is 4.12. The molecule has 7 heteroatoms. The predicted octanol–water partition coefficient (Wildman–Crippen LogP) is 3.65. The molecule has 2 aromatic carbocycles. The lowest BCUT2D eigenvalue weighted by molar-refractivity contribution is 0.0942. The summed E-state index contributed by atoms with van der Waals surface area (Å²) in [5, 5.41) is 5.95. The maximum Gasteiger partial charge on any atom is 0.269 e. The second kappa shape index (κ2) is 10.1. The number of benzene rings is 2. The van der Waals surface area contributed by atoms with Gasteiger partial charge in [0.05, 0.1) is 25.5 Å². The highest BCUT2D eigenvalue weighted by atomic mass is 19.1. The second-order valence-electron chi connectivity index (χ2n) is 6.19. The van der Waals surface area contributed by atoms with Gasteiger partial charge in [0.15, 0.2) is 0 Å². The summed E-state index contributed by atoms with van der Waals surface area (Å²) in [7, 11) is 1.60. The van der Waals surface area contributed by atoms with Crippen LogP contribution in [-0.4, -0.2) is 31.2 Å². The molecule has 2 N–H and O–H groups in total. The number of hydrogen-bond acceptors (Lipinski definition) is 5. The molecule has 0 bridgehead atoms. The summed E-state index contributed by atoms with van der Waals surface area (Å²) in [5.41, 5.74) is 2.04. The monoisotopic (exact) mass is 395 g/mol. The Hall–Kier alpha value is -3.61. The smallest absolute Gasteiger partial charge is 0.269 e. The van der Waals surface area contributed by atoms with Gasteiger partial charge >= 0.3 is 0 Å². The summed E-state index contributed by atoms with van der Waals surface area (Å²) in [5.74, 6) is 0.927. The number of amides is 1. The van der Waals surface area contributed by atoms with Gasteiger partial charge in [0.1, 0.15) is 29.6 Å². The standard InChI is InChI=1S/C22H22FN3O3/c1-28-19-7-9-20(10-8-19)29-13-12-24-22(27)21-11-6-18(15-26-21)25-14-16-2-4-17(23)5-3-16/h2-11,15,25H,12-14H2,1H3,(H,24,27). The molecule has 0 atom stereocenters. The number of aromatic nitrogens is 1. The molecule has 0 radical (unpaired) electrons. The van der Waals surface area contributed by atoms with Gasteiger partial charge in [-0.3, -0.25) is 4.79 Å². The highest BCUT2D eigenvalue weighted by Gasteiger charge is 2.07. The fourth-order valence-electron chi connectivity index (χ4n) is 2.54. The van der Waals surface area contributed by atoms with E-state index in [1.165, 1.54) is 12.1 Å². The van der Waals surface area contributed by atoms with E-state index in [1.54, 1.807) is 49.7 Å². The van der Waals surface area contributed by atoms with Crippen molar-refractivity contribution in [3.63, 3.8) is 0 Å². The fraction of sp³-hybridized carbons (Fsp3) is 0.182. The number of halogens is 1. The molecule has 0 spiro atoms. The Bertz CT molecular complexity index is 914. The van der Waals surface area contributed by atoms with Gasteiger partial charge < -0.3 is 20.1 Å². The first-order chi connectivity index (χ1) is 14.1. The van der Waals surface area contributed by atoms with Crippen LogP contribution in [0, 0.1) is 5.82 Å². The van der Waals surface area contributed by atoms with Gasteiger partial charge in [0.25, 0.3) is 5.91 Å². The van der Waals surface area contributed by atoms with Gasteiger partial charge in [-0.05, 0) is 54.1 Å². The zero-order valence-corrected chi connectivity index (χ0v) is 16.0. The molecule has 0 aliphatic rings. The first-order valence-corrected chi connectivity index (χ1v) is 9.13. The molecule has 0 aliphatic heterocycles. The topological polar surface area (TPSA) is 72.5 Å². The van der Waals surface area contributed by atoms with Gasteiger partial charge in [-0.15, -0.1) is 0 Å². The van der Waals surface area contributed by atoms with Crippen LogP contribution in [0.25, 0.3) is 0 Å². The predicted molar refractivity (Wildman–Crippen MR) is 109 cm³/mol. The number of rotatable bonds is 9. The van der Waals surface area contributed by atoms with E-state index in [0.29, 0.717) is 31.1 Å². The minimum atomic E-state index is -0.270. The van der Waals surface area contributed by atoms with Crippen LogP contribution >= 0.6 is 0 Å². The lowest BCUT2D eigenvalue weighted by Gasteiger charge is -2.09. The molecule has 1 heterocycles. The molecule has 0 saturated heterocycles. The van der Waals surface area contributed by atoms with E-state index < -0.39 is 0 Å². The minimum Gasteiger partial charge on any atom is -0.497 e. The minimum absolute atomic E-state index is 0.264. The molecule has 6 nitrogen and oxygen atoms in total. The van der Waals surface area contributed by atoms with E-state index in [-0.39, 0.29) is 11.7 Å². The van der Waals surface area contributed by atoms with Crippen LogP contribution in [0.4, 0.5) is 10.1 Å². The summed E-state index contributed by atoms with van der Waals surface area (Å²) >= 11 is 0. The third-order valence-corrected chi connectivity index (χ3v) is 4.12. The van der Waals surface area contributed by atoms with E-state index >= 15 is 0 Å². The van der Waals surface area contributed by atoms with Crippen LogP contribution in [0.15, 0.2) is 66.9 Å². The van der Waals surface area contributed by atoms with Crippen molar-refractivity contribution in [2.45, 2.75) is 6.54 Å². The average molecular weight is 395 g/mol. The van der Waals surface area contributed by atoms with Gasteiger partial charge in [0.2, 0.25) is 0 Å². The Morgan fingerprint density at radius 3 is 2.38 bits per heavy atom. The van der Waals surface area contributed by atoms with Crippen molar-refractivity contribution in [2.24, 2.45) is 0 Å². The van der Waals surface area contributed by atoms with Crippen molar-refractivity contribution in [2.75, 3.05) is 25.6 Å². The summed E-state index contributed by atoms with van der Waals surface area (Å²) < 4.78 is 23.6. The number of nitrogens with one attached hydrogen (secondary N) is 2. The molecule has 1 amide bonds. The molecule has 3 aromatic rings. The van der Waals surface area contributed by atoms with Crippen molar-refractivity contribution in [3.05, 3.63) is 83.9 Å². The average Bonchev–Trinajstić information content (AvgIpc) is 2.77. The van der Waals surface area contributed by atoms with Gasteiger partial charge in [0, 0.05) is 6.54 Å². The van der Waals surface area contributed by atoms with Crippen molar-refractivity contribution in [1.29, 1.82) is 0 Å². The SMILES string of the molecule is COc1ccc(OCCNC(=O)c2ccc(NCc3ccc(F)cc3)cn2)cc1. The number of pyridine rings is 1. The highest BCUT2D eigenvalue weighted by Crippen LogP contribution is 2.16. The van der Waals surface area contributed by atoms with E-state index in [0.717, 1.165) is 17.0 Å². The number of nitrogens with zero attached hydrogens (tertiary/aromatic N) is 1. The lowest BCUT2D eigenvalue weighted by Crippen LogP contribution is -2.28. The zero-order valence-electron chi connectivity index (χ0n) is 16.0. The molecule has 29 heavy (non-hydrogen) atoms. The van der Waals surface area contributed by atoms with Crippen molar-refractivity contribution in [1.82, 2.24) is 10.3 Å². The quantitative estimate of drug-likeness (QED) is 0.541. The number of carbonyl (C=O) groups excluding carboxylic acids is 1. The van der Waals surface area contributed by atoms with Crippen LogP contribution in [0.1, 0.15) is 16.1 Å². The second-order valence-corrected chi connectivity index (χ2v) is 6.19. The Morgan fingerprint density at radius 2 is 1.72 bits per heavy atom. The molecule has 0 fully saturated rings. The van der Waals surface area contributed by atoms with Gasteiger partial charge in [-0.1, -0.05) is 12.1 Å². The highest BCUT2D eigenvalue weighted by molar-refractivity contribution is 5.92. The molecule has 0 unspecified atom stereocenters. The zero-order chi connectivity index (χ0) is 20.5. The van der Waals surface area contributed by atoms with Crippen molar-refractivity contribution >= 4 is 11.6 Å².